The second kappa shape index (κ2) is 7.07. The van der Waals surface area contributed by atoms with Gasteiger partial charge in [0.15, 0.2) is 0 Å². The van der Waals surface area contributed by atoms with Gasteiger partial charge in [-0.2, -0.15) is 0 Å². The van der Waals surface area contributed by atoms with Crippen LogP contribution in [0.1, 0.15) is 12.5 Å². The predicted octanol–water partition coefficient (Wildman–Crippen LogP) is 2.02. The van der Waals surface area contributed by atoms with Crippen LogP contribution in [0, 0.1) is 0 Å². The Labute approximate surface area is 125 Å². The largest absolute Gasteiger partial charge is 0.375 e. The van der Waals surface area contributed by atoms with Crippen LogP contribution in [0.5, 0.6) is 0 Å². The van der Waals surface area contributed by atoms with E-state index in [0.717, 1.165) is 10.6 Å². The Bertz CT molecular complexity index is 467. The molecule has 1 aromatic rings. The fourth-order valence-electron chi connectivity index (χ4n) is 2.35. The molecule has 1 atom stereocenters. The van der Waals surface area contributed by atoms with E-state index in [1.54, 1.807) is 0 Å². The first-order valence-electron chi connectivity index (χ1n) is 6.87. The van der Waals surface area contributed by atoms with Crippen LogP contribution in [0.15, 0.2) is 24.3 Å². The summed E-state index contributed by atoms with van der Waals surface area (Å²) in [5.74, 6) is 0.148. The van der Waals surface area contributed by atoms with E-state index < -0.39 is 0 Å². The minimum atomic E-state index is 0.126. The van der Waals surface area contributed by atoms with Crippen molar-refractivity contribution in [2.24, 2.45) is 0 Å². The summed E-state index contributed by atoms with van der Waals surface area (Å²) in [7, 11) is 1.94. The minimum Gasteiger partial charge on any atom is -0.375 e. The van der Waals surface area contributed by atoms with Crippen molar-refractivity contribution in [2.45, 2.75) is 19.6 Å². The number of rotatable bonds is 4. The Morgan fingerprint density at radius 2 is 2.25 bits per heavy atom. The molecule has 0 aromatic heterocycles. The quantitative estimate of drug-likeness (QED) is 0.852. The molecule has 20 heavy (non-hydrogen) atoms. The number of amides is 1. The van der Waals surface area contributed by atoms with E-state index in [1.807, 2.05) is 48.0 Å². The molecule has 1 amide bonds. The molecule has 4 nitrogen and oxygen atoms in total. The Balaban J connectivity index is 1.86. The molecule has 1 saturated heterocycles. The molecule has 1 aromatic carbocycles. The summed E-state index contributed by atoms with van der Waals surface area (Å²) in [5.41, 5.74) is 1.04. The molecule has 0 radical (unpaired) electrons. The normalized spacial score (nSPS) is 19.4. The third-order valence-corrected chi connectivity index (χ3v) is 3.77. The number of hydrogen-bond acceptors (Lipinski definition) is 3. The van der Waals surface area contributed by atoms with Crippen molar-refractivity contribution in [2.75, 3.05) is 33.3 Å². The maximum Gasteiger partial charge on any atom is 0.236 e. The highest BCUT2D eigenvalue weighted by molar-refractivity contribution is 6.31. The van der Waals surface area contributed by atoms with Gasteiger partial charge in [0.25, 0.3) is 0 Å². The zero-order valence-corrected chi connectivity index (χ0v) is 12.8. The van der Waals surface area contributed by atoms with Crippen molar-refractivity contribution in [3.05, 3.63) is 34.9 Å². The summed E-state index contributed by atoms with van der Waals surface area (Å²) in [6.45, 7) is 5.05. The maximum atomic E-state index is 12.2. The number of carbonyl (C=O) groups is 1. The van der Waals surface area contributed by atoms with Gasteiger partial charge in [0.05, 0.1) is 19.3 Å². The van der Waals surface area contributed by atoms with Gasteiger partial charge in [0.2, 0.25) is 5.91 Å². The molecule has 2 rings (SSSR count). The summed E-state index contributed by atoms with van der Waals surface area (Å²) in [5, 5.41) is 0.742. The van der Waals surface area contributed by atoms with Crippen LogP contribution in [0.4, 0.5) is 0 Å². The molecule has 0 bridgehead atoms. The highest BCUT2D eigenvalue weighted by Crippen LogP contribution is 2.16. The fourth-order valence-corrected chi connectivity index (χ4v) is 2.54. The third kappa shape index (κ3) is 4.20. The topological polar surface area (TPSA) is 32.8 Å². The molecular formula is C15H21ClN2O2. The predicted molar refractivity (Wildman–Crippen MR) is 79.8 cm³/mol. The Morgan fingerprint density at radius 3 is 2.95 bits per heavy atom. The summed E-state index contributed by atoms with van der Waals surface area (Å²) in [4.78, 5) is 16.1. The molecular weight excluding hydrogens is 276 g/mol. The number of halogens is 1. The van der Waals surface area contributed by atoms with E-state index >= 15 is 0 Å². The molecule has 5 heteroatoms. The molecule has 1 aliphatic heterocycles. The van der Waals surface area contributed by atoms with Crippen LogP contribution in [-0.4, -0.2) is 55.1 Å². The Hall–Kier alpha value is -1.10. The molecule has 0 spiro atoms. The number of likely N-dealkylation sites (N-methyl/N-ethyl adjacent to an activating group) is 1. The first-order chi connectivity index (χ1) is 9.56. The van der Waals surface area contributed by atoms with Crippen LogP contribution >= 0.6 is 11.6 Å². The van der Waals surface area contributed by atoms with E-state index in [1.165, 1.54) is 0 Å². The second-order valence-corrected chi connectivity index (χ2v) is 5.69. The zero-order chi connectivity index (χ0) is 14.5. The van der Waals surface area contributed by atoms with Crippen LogP contribution in [0.3, 0.4) is 0 Å². The summed E-state index contributed by atoms with van der Waals surface area (Å²) >= 11 is 6.13. The standard InChI is InChI=1S/C15H21ClN2O2/c1-12-9-18(7-8-20-12)15(19)11-17(2)10-13-5-3-4-6-14(13)16/h3-6,12H,7-11H2,1-2H3/t12-/m1/s1. The third-order valence-electron chi connectivity index (χ3n) is 3.40. The number of ether oxygens (including phenoxy) is 1. The van der Waals surface area contributed by atoms with E-state index in [0.29, 0.717) is 32.8 Å². The average Bonchev–Trinajstić information content (AvgIpc) is 2.41. The minimum absolute atomic E-state index is 0.126. The maximum absolute atomic E-state index is 12.2. The van der Waals surface area contributed by atoms with E-state index in [-0.39, 0.29) is 12.0 Å². The van der Waals surface area contributed by atoms with Gasteiger partial charge in [-0.3, -0.25) is 9.69 Å². The van der Waals surface area contributed by atoms with Gasteiger partial charge in [0, 0.05) is 24.7 Å². The summed E-state index contributed by atoms with van der Waals surface area (Å²) in [6.07, 6.45) is 0.126. The van der Waals surface area contributed by atoms with E-state index in [2.05, 4.69) is 0 Å². The van der Waals surface area contributed by atoms with Crippen molar-refractivity contribution in [1.82, 2.24) is 9.80 Å². The van der Waals surface area contributed by atoms with Crippen LogP contribution < -0.4 is 0 Å². The van der Waals surface area contributed by atoms with Crippen molar-refractivity contribution >= 4 is 17.5 Å². The van der Waals surface area contributed by atoms with Gasteiger partial charge < -0.3 is 9.64 Å². The van der Waals surface area contributed by atoms with Gasteiger partial charge in [0.1, 0.15) is 0 Å². The summed E-state index contributed by atoms with van der Waals surface area (Å²) < 4.78 is 5.45. The molecule has 110 valence electrons. The van der Waals surface area contributed by atoms with Crippen molar-refractivity contribution in [3.63, 3.8) is 0 Å². The van der Waals surface area contributed by atoms with Crippen LogP contribution in [0.2, 0.25) is 5.02 Å². The van der Waals surface area contributed by atoms with Crippen molar-refractivity contribution in [1.29, 1.82) is 0 Å². The SMILES string of the molecule is C[C@@H]1CN(C(=O)CN(C)Cc2ccccc2Cl)CCO1. The molecule has 0 saturated carbocycles. The zero-order valence-electron chi connectivity index (χ0n) is 12.0. The smallest absolute Gasteiger partial charge is 0.236 e. The first kappa shape index (κ1) is 15.3. The van der Waals surface area contributed by atoms with Crippen molar-refractivity contribution < 1.29 is 9.53 Å². The van der Waals surface area contributed by atoms with E-state index in [4.69, 9.17) is 16.3 Å². The lowest BCUT2D eigenvalue weighted by atomic mass is 10.2. The first-order valence-corrected chi connectivity index (χ1v) is 7.25. The number of nitrogens with zero attached hydrogens (tertiary/aromatic N) is 2. The fraction of sp³-hybridized carbons (Fsp3) is 0.533. The lowest BCUT2D eigenvalue weighted by Gasteiger charge is -2.32. The second-order valence-electron chi connectivity index (χ2n) is 5.28. The monoisotopic (exact) mass is 296 g/mol. The average molecular weight is 297 g/mol. The molecule has 1 heterocycles. The number of hydrogen-bond donors (Lipinski definition) is 0. The number of morpholine rings is 1. The van der Waals surface area contributed by atoms with Gasteiger partial charge >= 0.3 is 0 Å². The van der Waals surface area contributed by atoms with Gasteiger partial charge in [-0.1, -0.05) is 29.8 Å². The van der Waals surface area contributed by atoms with Gasteiger partial charge in [-0.15, -0.1) is 0 Å². The van der Waals surface area contributed by atoms with Gasteiger partial charge in [-0.05, 0) is 25.6 Å². The molecule has 1 fully saturated rings. The van der Waals surface area contributed by atoms with Gasteiger partial charge in [-0.25, -0.2) is 0 Å². The van der Waals surface area contributed by atoms with Crippen LogP contribution in [-0.2, 0) is 16.1 Å². The lowest BCUT2D eigenvalue weighted by Crippen LogP contribution is -2.47. The lowest BCUT2D eigenvalue weighted by molar-refractivity contribution is -0.139. The van der Waals surface area contributed by atoms with E-state index in [9.17, 15) is 4.79 Å². The molecule has 0 aliphatic carbocycles. The highest BCUT2D eigenvalue weighted by Gasteiger charge is 2.22. The molecule has 0 unspecified atom stereocenters. The highest BCUT2D eigenvalue weighted by atomic mass is 35.5. The number of carbonyl (C=O) groups excluding carboxylic acids is 1. The Morgan fingerprint density at radius 1 is 1.50 bits per heavy atom. The summed E-state index contributed by atoms with van der Waals surface area (Å²) in [6, 6.07) is 7.73. The molecule has 0 N–H and O–H groups in total. The van der Waals surface area contributed by atoms with Crippen LogP contribution in [0.25, 0.3) is 0 Å². The molecule has 1 aliphatic rings. The number of benzene rings is 1. The Kier molecular flexibility index (Phi) is 5.40. The van der Waals surface area contributed by atoms with Crippen molar-refractivity contribution in [3.8, 4) is 0 Å².